The van der Waals surface area contributed by atoms with Crippen molar-refractivity contribution >= 4 is 5.69 Å². The second-order valence-corrected chi connectivity index (χ2v) is 6.60. The van der Waals surface area contributed by atoms with E-state index in [-0.39, 0.29) is 6.04 Å². The highest BCUT2D eigenvalue weighted by atomic mass is 15.3. The molecular formula is C20H27N3. The average Bonchev–Trinajstić information content (AvgIpc) is 2.57. The Labute approximate surface area is 139 Å². The maximum absolute atomic E-state index is 5.87. The molecule has 1 fully saturated rings. The van der Waals surface area contributed by atoms with E-state index in [1.165, 1.54) is 16.8 Å². The molecule has 0 spiro atoms. The molecule has 2 N–H and O–H groups in total. The van der Waals surface area contributed by atoms with Gasteiger partial charge in [0.15, 0.2) is 0 Å². The fourth-order valence-corrected chi connectivity index (χ4v) is 3.22. The first-order chi connectivity index (χ1) is 11.2. The van der Waals surface area contributed by atoms with Crippen LogP contribution in [0.4, 0.5) is 5.69 Å². The lowest BCUT2D eigenvalue weighted by Gasteiger charge is -2.36. The molecule has 2 aromatic rings. The van der Waals surface area contributed by atoms with Crippen molar-refractivity contribution in [2.75, 3.05) is 31.1 Å². The normalized spacial score (nSPS) is 17.2. The lowest BCUT2D eigenvalue weighted by Crippen LogP contribution is -2.45. The SMILES string of the molecule is CC(N)Cc1ccc(N2CCN(Cc3ccccc3)CC2)cc1. The third-order valence-electron chi connectivity index (χ3n) is 4.48. The van der Waals surface area contributed by atoms with E-state index in [2.05, 4.69) is 71.3 Å². The first-order valence-corrected chi connectivity index (χ1v) is 8.56. The minimum Gasteiger partial charge on any atom is -0.369 e. The predicted octanol–water partition coefficient (Wildman–Crippen LogP) is 2.90. The minimum atomic E-state index is 0.224. The van der Waals surface area contributed by atoms with E-state index in [0.29, 0.717) is 0 Å². The maximum Gasteiger partial charge on any atom is 0.0367 e. The van der Waals surface area contributed by atoms with Gasteiger partial charge in [0.2, 0.25) is 0 Å². The van der Waals surface area contributed by atoms with E-state index in [1.807, 2.05) is 0 Å². The Balaban J connectivity index is 1.52. The van der Waals surface area contributed by atoms with Crippen LogP contribution in [0.2, 0.25) is 0 Å². The van der Waals surface area contributed by atoms with Gasteiger partial charge in [0.05, 0.1) is 0 Å². The smallest absolute Gasteiger partial charge is 0.0367 e. The Hall–Kier alpha value is -1.84. The summed E-state index contributed by atoms with van der Waals surface area (Å²) in [6.45, 7) is 7.55. The van der Waals surface area contributed by atoms with Crippen molar-refractivity contribution in [1.82, 2.24) is 4.90 Å². The first-order valence-electron chi connectivity index (χ1n) is 8.56. The topological polar surface area (TPSA) is 32.5 Å². The molecule has 3 heteroatoms. The van der Waals surface area contributed by atoms with Crippen molar-refractivity contribution in [1.29, 1.82) is 0 Å². The van der Waals surface area contributed by atoms with Gasteiger partial charge in [0, 0.05) is 44.5 Å². The number of nitrogens with zero attached hydrogens (tertiary/aromatic N) is 2. The molecule has 0 aromatic heterocycles. The highest BCUT2D eigenvalue weighted by molar-refractivity contribution is 5.48. The highest BCUT2D eigenvalue weighted by Crippen LogP contribution is 2.18. The van der Waals surface area contributed by atoms with Crippen LogP contribution >= 0.6 is 0 Å². The van der Waals surface area contributed by atoms with Crippen LogP contribution in [0.3, 0.4) is 0 Å². The number of anilines is 1. The lowest BCUT2D eigenvalue weighted by atomic mass is 10.1. The van der Waals surface area contributed by atoms with Gasteiger partial charge in [-0.05, 0) is 36.6 Å². The zero-order chi connectivity index (χ0) is 16.1. The van der Waals surface area contributed by atoms with Crippen LogP contribution in [-0.2, 0) is 13.0 Å². The number of benzene rings is 2. The standard InChI is InChI=1S/C20H27N3/c1-17(21)15-18-7-9-20(10-8-18)23-13-11-22(12-14-23)16-19-5-3-2-4-6-19/h2-10,17H,11-16,21H2,1H3. The largest absolute Gasteiger partial charge is 0.369 e. The number of rotatable bonds is 5. The zero-order valence-corrected chi connectivity index (χ0v) is 14.0. The Morgan fingerprint density at radius 2 is 1.52 bits per heavy atom. The van der Waals surface area contributed by atoms with E-state index in [0.717, 1.165) is 39.1 Å². The number of hydrogen-bond acceptors (Lipinski definition) is 3. The number of piperazine rings is 1. The van der Waals surface area contributed by atoms with Gasteiger partial charge in [-0.25, -0.2) is 0 Å². The van der Waals surface area contributed by atoms with Gasteiger partial charge >= 0.3 is 0 Å². The van der Waals surface area contributed by atoms with Crippen LogP contribution in [-0.4, -0.2) is 37.1 Å². The third kappa shape index (κ3) is 4.57. The Kier molecular flexibility index (Phi) is 5.31. The lowest BCUT2D eigenvalue weighted by molar-refractivity contribution is 0.250. The molecule has 1 aliphatic rings. The van der Waals surface area contributed by atoms with E-state index < -0.39 is 0 Å². The summed E-state index contributed by atoms with van der Waals surface area (Å²) >= 11 is 0. The zero-order valence-electron chi connectivity index (χ0n) is 14.0. The van der Waals surface area contributed by atoms with Crippen molar-refractivity contribution < 1.29 is 0 Å². The molecule has 1 atom stereocenters. The summed E-state index contributed by atoms with van der Waals surface area (Å²) in [5.41, 5.74) is 9.93. The molecule has 1 aliphatic heterocycles. The van der Waals surface area contributed by atoms with Crippen molar-refractivity contribution in [3.05, 3.63) is 65.7 Å². The van der Waals surface area contributed by atoms with Crippen molar-refractivity contribution in [3.8, 4) is 0 Å². The van der Waals surface area contributed by atoms with Crippen molar-refractivity contribution in [3.63, 3.8) is 0 Å². The second kappa shape index (κ2) is 7.62. The van der Waals surface area contributed by atoms with Gasteiger partial charge < -0.3 is 10.6 Å². The summed E-state index contributed by atoms with van der Waals surface area (Å²) in [5.74, 6) is 0. The molecule has 0 radical (unpaired) electrons. The van der Waals surface area contributed by atoms with E-state index in [1.54, 1.807) is 0 Å². The first kappa shape index (κ1) is 16.0. The molecule has 3 nitrogen and oxygen atoms in total. The van der Waals surface area contributed by atoms with Gasteiger partial charge in [-0.3, -0.25) is 4.90 Å². The maximum atomic E-state index is 5.87. The fourth-order valence-electron chi connectivity index (χ4n) is 3.22. The predicted molar refractivity (Wildman–Crippen MR) is 97.7 cm³/mol. The molecule has 1 heterocycles. The van der Waals surface area contributed by atoms with Gasteiger partial charge in [-0.15, -0.1) is 0 Å². The van der Waals surface area contributed by atoms with Gasteiger partial charge in [0.1, 0.15) is 0 Å². The third-order valence-corrected chi connectivity index (χ3v) is 4.48. The molecule has 1 saturated heterocycles. The second-order valence-electron chi connectivity index (χ2n) is 6.60. The van der Waals surface area contributed by atoms with Crippen LogP contribution in [0.5, 0.6) is 0 Å². The van der Waals surface area contributed by atoms with Gasteiger partial charge in [-0.2, -0.15) is 0 Å². The molecule has 122 valence electrons. The van der Waals surface area contributed by atoms with E-state index in [9.17, 15) is 0 Å². The summed E-state index contributed by atoms with van der Waals surface area (Å²) in [7, 11) is 0. The van der Waals surface area contributed by atoms with E-state index >= 15 is 0 Å². The van der Waals surface area contributed by atoms with E-state index in [4.69, 9.17) is 5.73 Å². The summed E-state index contributed by atoms with van der Waals surface area (Å²) in [4.78, 5) is 5.02. The quantitative estimate of drug-likeness (QED) is 0.922. The average molecular weight is 309 g/mol. The minimum absolute atomic E-state index is 0.224. The molecule has 0 saturated carbocycles. The molecule has 2 aromatic carbocycles. The number of hydrogen-bond donors (Lipinski definition) is 1. The molecule has 0 bridgehead atoms. The molecule has 23 heavy (non-hydrogen) atoms. The summed E-state index contributed by atoms with van der Waals surface area (Å²) in [5, 5.41) is 0. The van der Waals surface area contributed by atoms with Crippen LogP contribution in [0, 0.1) is 0 Å². The van der Waals surface area contributed by atoms with Crippen LogP contribution < -0.4 is 10.6 Å². The highest BCUT2D eigenvalue weighted by Gasteiger charge is 2.17. The van der Waals surface area contributed by atoms with Crippen LogP contribution in [0.1, 0.15) is 18.1 Å². The summed E-state index contributed by atoms with van der Waals surface area (Å²) in [6.07, 6.45) is 0.950. The molecule has 0 amide bonds. The van der Waals surface area contributed by atoms with Gasteiger partial charge in [-0.1, -0.05) is 42.5 Å². The molecule has 0 aliphatic carbocycles. The van der Waals surface area contributed by atoms with Crippen molar-refractivity contribution in [2.45, 2.75) is 25.9 Å². The van der Waals surface area contributed by atoms with Crippen LogP contribution in [0.15, 0.2) is 54.6 Å². The monoisotopic (exact) mass is 309 g/mol. The summed E-state index contributed by atoms with van der Waals surface area (Å²) < 4.78 is 0. The van der Waals surface area contributed by atoms with Gasteiger partial charge in [0.25, 0.3) is 0 Å². The Bertz CT molecular complexity index is 584. The molecule has 3 rings (SSSR count). The summed E-state index contributed by atoms with van der Waals surface area (Å²) in [6, 6.07) is 19.9. The fraction of sp³-hybridized carbons (Fsp3) is 0.400. The van der Waals surface area contributed by atoms with Crippen LogP contribution in [0.25, 0.3) is 0 Å². The molecular weight excluding hydrogens is 282 g/mol. The van der Waals surface area contributed by atoms with Crippen molar-refractivity contribution in [2.24, 2.45) is 5.73 Å². The number of nitrogens with two attached hydrogens (primary N) is 1. The Morgan fingerprint density at radius 1 is 0.870 bits per heavy atom. The Morgan fingerprint density at radius 3 is 2.13 bits per heavy atom. The molecule has 1 unspecified atom stereocenters.